The van der Waals surface area contributed by atoms with Crippen molar-refractivity contribution in [1.29, 1.82) is 0 Å². The van der Waals surface area contributed by atoms with Crippen molar-refractivity contribution in [1.82, 2.24) is 5.32 Å². The van der Waals surface area contributed by atoms with Gasteiger partial charge >= 0.3 is 6.03 Å². The SMILES string of the molecule is CC(C)(CCO)NC(=O)Nc1ccc(-c2ccccc2)cc1. The lowest BCUT2D eigenvalue weighted by atomic mass is 10.0. The molecule has 2 aromatic carbocycles. The molecule has 3 N–H and O–H groups in total. The molecule has 2 aromatic rings. The first kappa shape index (κ1) is 16.0. The van der Waals surface area contributed by atoms with Crippen LogP contribution in [0.1, 0.15) is 20.3 Å². The Labute approximate surface area is 131 Å². The third kappa shape index (κ3) is 4.60. The Balaban J connectivity index is 1.98. The smallest absolute Gasteiger partial charge is 0.319 e. The van der Waals surface area contributed by atoms with Crippen LogP contribution in [-0.2, 0) is 0 Å². The second kappa shape index (κ2) is 7.09. The highest BCUT2D eigenvalue weighted by atomic mass is 16.3. The lowest BCUT2D eigenvalue weighted by Gasteiger charge is -2.25. The maximum absolute atomic E-state index is 12.0. The zero-order chi connectivity index (χ0) is 16.0. The predicted molar refractivity (Wildman–Crippen MR) is 89.8 cm³/mol. The normalized spacial score (nSPS) is 11.0. The van der Waals surface area contributed by atoms with E-state index in [1.807, 2.05) is 68.4 Å². The first-order chi connectivity index (χ1) is 10.5. The van der Waals surface area contributed by atoms with Gasteiger partial charge in [0.25, 0.3) is 0 Å². The molecule has 0 aliphatic carbocycles. The van der Waals surface area contributed by atoms with Crippen molar-refractivity contribution in [2.75, 3.05) is 11.9 Å². The molecule has 0 unspecified atom stereocenters. The molecule has 0 spiro atoms. The van der Waals surface area contributed by atoms with Gasteiger partial charge in [0.05, 0.1) is 0 Å². The quantitative estimate of drug-likeness (QED) is 0.789. The summed E-state index contributed by atoms with van der Waals surface area (Å²) < 4.78 is 0. The lowest BCUT2D eigenvalue weighted by molar-refractivity contribution is 0.218. The van der Waals surface area contributed by atoms with E-state index in [1.54, 1.807) is 0 Å². The number of amides is 2. The fourth-order valence-electron chi connectivity index (χ4n) is 2.19. The number of hydrogen-bond acceptors (Lipinski definition) is 2. The van der Waals surface area contributed by atoms with Crippen LogP contribution in [-0.4, -0.2) is 23.3 Å². The van der Waals surface area contributed by atoms with Crippen molar-refractivity contribution in [3.05, 3.63) is 54.6 Å². The van der Waals surface area contributed by atoms with E-state index in [1.165, 1.54) is 0 Å². The van der Waals surface area contributed by atoms with Gasteiger partial charge in [-0.3, -0.25) is 0 Å². The number of urea groups is 1. The Bertz CT molecular complexity index is 607. The second-order valence-corrected chi connectivity index (χ2v) is 5.88. The molecule has 2 rings (SSSR count). The van der Waals surface area contributed by atoms with Gasteiger partial charge in [0.2, 0.25) is 0 Å². The summed E-state index contributed by atoms with van der Waals surface area (Å²) in [5.41, 5.74) is 2.54. The third-order valence-corrected chi connectivity index (χ3v) is 3.44. The molecule has 22 heavy (non-hydrogen) atoms. The number of nitrogens with one attached hydrogen (secondary N) is 2. The van der Waals surface area contributed by atoms with E-state index in [4.69, 9.17) is 5.11 Å². The number of anilines is 1. The highest BCUT2D eigenvalue weighted by Crippen LogP contribution is 2.21. The minimum Gasteiger partial charge on any atom is -0.396 e. The van der Waals surface area contributed by atoms with Gasteiger partial charge in [0, 0.05) is 17.8 Å². The summed E-state index contributed by atoms with van der Waals surface area (Å²) in [5.74, 6) is 0. The first-order valence-electron chi connectivity index (χ1n) is 7.36. The maximum atomic E-state index is 12.0. The van der Waals surface area contributed by atoms with E-state index in [2.05, 4.69) is 10.6 Å². The second-order valence-electron chi connectivity index (χ2n) is 5.88. The average molecular weight is 298 g/mol. The van der Waals surface area contributed by atoms with Crippen LogP contribution >= 0.6 is 0 Å². The highest BCUT2D eigenvalue weighted by Gasteiger charge is 2.19. The van der Waals surface area contributed by atoms with Gasteiger partial charge in [0.15, 0.2) is 0 Å². The molecule has 0 aromatic heterocycles. The molecule has 0 heterocycles. The molecule has 0 bridgehead atoms. The maximum Gasteiger partial charge on any atom is 0.319 e. The van der Waals surface area contributed by atoms with Gasteiger partial charge in [-0.05, 0) is 43.5 Å². The zero-order valence-electron chi connectivity index (χ0n) is 13.0. The predicted octanol–water partition coefficient (Wildman–Crippen LogP) is 3.64. The van der Waals surface area contributed by atoms with Crippen LogP contribution in [0.2, 0.25) is 0 Å². The highest BCUT2D eigenvalue weighted by molar-refractivity contribution is 5.90. The van der Waals surface area contributed by atoms with E-state index in [-0.39, 0.29) is 12.6 Å². The van der Waals surface area contributed by atoms with Crippen LogP contribution in [0, 0.1) is 0 Å². The number of hydrogen-bond donors (Lipinski definition) is 3. The fraction of sp³-hybridized carbons (Fsp3) is 0.278. The van der Waals surface area contributed by atoms with Crippen LogP contribution < -0.4 is 10.6 Å². The van der Waals surface area contributed by atoms with Crippen molar-refractivity contribution in [2.45, 2.75) is 25.8 Å². The molecule has 0 aliphatic rings. The van der Waals surface area contributed by atoms with Crippen LogP contribution in [0.15, 0.2) is 54.6 Å². The summed E-state index contributed by atoms with van der Waals surface area (Å²) in [6.45, 7) is 3.79. The summed E-state index contributed by atoms with van der Waals surface area (Å²) in [7, 11) is 0. The third-order valence-electron chi connectivity index (χ3n) is 3.44. The molecule has 0 fully saturated rings. The molecular weight excluding hydrogens is 276 g/mol. The van der Waals surface area contributed by atoms with Crippen molar-refractivity contribution < 1.29 is 9.90 Å². The summed E-state index contributed by atoms with van der Waals surface area (Å²) >= 11 is 0. The Morgan fingerprint density at radius 3 is 2.18 bits per heavy atom. The molecule has 0 aliphatic heterocycles. The van der Waals surface area contributed by atoms with Crippen LogP contribution in [0.4, 0.5) is 10.5 Å². The first-order valence-corrected chi connectivity index (χ1v) is 7.36. The van der Waals surface area contributed by atoms with E-state index in [9.17, 15) is 4.79 Å². The molecule has 0 saturated heterocycles. The van der Waals surface area contributed by atoms with Gasteiger partial charge < -0.3 is 15.7 Å². The molecule has 2 amide bonds. The number of carbonyl (C=O) groups excluding carboxylic acids is 1. The van der Waals surface area contributed by atoms with Crippen molar-refractivity contribution in [2.24, 2.45) is 0 Å². The standard InChI is InChI=1S/C18H22N2O2/c1-18(2,12-13-21)20-17(22)19-16-10-8-15(9-11-16)14-6-4-3-5-7-14/h3-11,21H,12-13H2,1-2H3,(H2,19,20,22). The van der Waals surface area contributed by atoms with Crippen molar-refractivity contribution >= 4 is 11.7 Å². The molecule has 0 saturated carbocycles. The van der Waals surface area contributed by atoms with Crippen molar-refractivity contribution in [3.63, 3.8) is 0 Å². The van der Waals surface area contributed by atoms with Gasteiger partial charge in [0.1, 0.15) is 0 Å². The Kier molecular flexibility index (Phi) is 5.17. The van der Waals surface area contributed by atoms with Crippen LogP contribution in [0.5, 0.6) is 0 Å². The fourth-order valence-corrected chi connectivity index (χ4v) is 2.19. The summed E-state index contributed by atoms with van der Waals surface area (Å²) in [4.78, 5) is 12.0. The Hall–Kier alpha value is -2.33. The number of aliphatic hydroxyl groups excluding tert-OH is 1. The molecular formula is C18H22N2O2. The van der Waals surface area contributed by atoms with Gasteiger partial charge in [-0.2, -0.15) is 0 Å². The largest absolute Gasteiger partial charge is 0.396 e. The number of carbonyl (C=O) groups is 1. The van der Waals surface area contributed by atoms with Gasteiger partial charge in [-0.25, -0.2) is 4.79 Å². The minimum atomic E-state index is -0.442. The summed E-state index contributed by atoms with van der Waals surface area (Å²) in [6.07, 6.45) is 0.507. The average Bonchev–Trinajstić information content (AvgIpc) is 2.48. The Morgan fingerprint density at radius 1 is 1.00 bits per heavy atom. The number of aliphatic hydroxyl groups is 1. The molecule has 4 nitrogen and oxygen atoms in total. The number of benzene rings is 2. The lowest BCUT2D eigenvalue weighted by Crippen LogP contribution is -2.46. The summed E-state index contributed by atoms with van der Waals surface area (Å²) in [6, 6.07) is 17.5. The monoisotopic (exact) mass is 298 g/mol. The summed E-state index contributed by atoms with van der Waals surface area (Å²) in [5, 5.41) is 14.6. The molecule has 4 heteroatoms. The van der Waals surface area contributed by atoms with Crippen molar-refractivity contribution in [3.8, 4) is 11.1 Å². The van der Waals surface area contributed by atoms with Gasteiger partial charge in [-0.1, -0.05) is 42.5 Å². The topological polar surface area (TPSA) is 61.4 Å². The molecule has 116 valence electrons. The van der Waals surface area contributed by atoms with E-state index in [0.29, 0.717) is 6.42 Å². The number of rotatable bonds is 5. The van der Waals surface area contributed by atoms with E-state index in [0.717, 1.165) is 16.8 Å². The molecule has 0 atom stereocenters. The van der Waals surface area contributed by atoms with Crippen LogP contribution in [0.3, 0.4) is 0 Å². The Morgan fingerprint density at radius 2 is 1.59 bits per heavy atom. The van der Waals surface area contributed by atoms with E-state index < -0.39 is 5.54 Å². The van der Waals surface area contributed by atoms with Crippen LogP contribution in [0.25, 0.3) is 11.1 Å². The minimum absolute atomic E-state index is 0.0407. The zero-order valence-corrected chi connectivity index (χ0v) is 13.0. The van der Waals surface area contributed by atoms with E-state index >= 15 is 0 Å². The van der Waals surface area contributed by atoms with Gasteiger partial charge in [-0.15, -0.1) is 0 Å². The molecule has 0 radical (unpaired) electrons.